The Labute approximate surface area is 115 Å². The van der Waals surface area contributed by atoms with Gasteiger partial charge in [-0.1, -0.05) is 11.6 Å². The SMILES string of the molecule is COc1ccc(Cl)c(CC(=O)c2ccc(F)cc2)c1. The minimum atomic E-state index is -0.365. The van der Waals surface area contributed by atoms with E-state index in [9.17, 15) is 9.18 Å². The number of halogens is 2. The van der Waals surface area contributed by atoms with Gasteiger partial charge in [-0.3, -0.25) is 4.79 Å². The van der Waals surface area contributed by atoms with E-state index in [1.54, 1.807) is 25.3 Å². The van der Waals surface area contributed by atoms with E-state index < -0.39 is 0 Å². The van der Waals surface area contributed by atoms with Gasteiger partial charge in [0.15, 0.2) is 5.78 Å². The summed E-state index contributed by atoms with van der Waals surface area (Å²) in [6.45, 7) is 0. The highest BCUT2D eigenvalue weighted by Gasteiger charge is 2.10. The molecule has 0 aliphatic rings. The van der Waals surface area contributed by atoms with Crippen LogP contribution in [0.2, 0.25) is 5.02 Å². The Hall–Kier alpha value is -1.87. The van der Waals surface area contributed by atoms with Crippen LogP contribution in [0.1, 0.15) is 15.9 Å². The number of carbonyl (C=O) groups is 1. The molecule has 98 valence electrons. The molecule has 0 saturated carbocycles. The molecule has 0 spiro atoms. The molecule has 0 radical (unpaired) electrons. The van der Waals surface area contributed by atoms with Crippen molar-refractivity contribution >= 4 is 17.4 Å². The first-order valence-corrected chi connectivity index (χ1v) is 6.09. The number of methoxy groups -OCH3 is 1. The smallest absolute Gasteiger partial charge is 0.167 e. The van der Waals surface area contributed by atoms with Crippen molar-refractivity contribution in [3.05, 3.63) is 64.4 Å². The molecule has 0 atom stereocenters. The Morgan fingerprint density at radius 2 is 1.89 bits per heavy atom. The Kier molecular flexibility index (Phi) is 4.17. The molecule has 0 aromatic heterocycles. The number of hydrogen-bond donors (Lipinski definition) is 0. The fourth-order valence-electron chi connectivity index (χ4n) is 1.72. The maximum atomic E-state index is 12.8. The van der Waals surface area contributed by atoms with Crippen LogP contribution in [0.3, 0.4) is 0 Å². The molecule has 2 nitrogen and oxygen atoms in total. The van der Waals surface area contributed by atoms with E-state index in [2.05, 4.69) is 0 Å². The van der Waals surface area contributed by atoms with Crippen LogP contribution in [-0.4, -0.2) is 12.9 Å². The fourth-order valence-corrected chi connectivity index (χ4v) is 1.91. The van der Waals surface area contributed by atoms with Crippen LogP contribution in [0.5, 0.6) is 5.75 Å². The number of ether oxygens (including phenoxy) is 1. The second-order valence-electron chi connectivity index (χ2n) is 4.06. The average molecular weight is 279 g/mol. The third-order valence-electron chi connectivity index (χ3n) is 2.77. The fraction of sp³-hybridized carbons (Fsp3) is 0.133. The molecule has 0 bridgehead atoms. The van der Waals surface area contributed by atoms with Crippen LogP contribution in [0.25, 0.3) is 0 Å². The lowest BCUT2D eigenvalue weighted by molar-refractivity contribution is 0.0993. The van der Waals surface area contributed by atoms with E-state index in [0.29, 0.717) is 21.9 Å². The summed E-state index contributed by atoms with van der Waals surface area (Å²) in [6.07, 6.45) is 0.154. The van der Waals surface area contributed by atoms with Gasteiger partial charge in [0.2, 0.25) is 0 Å². The van der Waals surface area contributed by atoms with Crippen molar-refractivity contribution in [1.82, 2.24) is 0 Å². The molecule has 2 aromatic rings. The van der Waals surface area contributed by atoms with Gasteiger partial charge >= 0.3 is 0 Å². The lowest BCUT2D eigenvalue weighted by atomic mass is 10.0. The lowest BCUT2D eigenvalue weighted by Gasteiger charge is -2.06. The monoisotopic (exact) mass is 278 g/mol. The van der Waals surface area contributed by atoms with Crippen molar-refractivity contribution in [2.45, 2.75) is 6.42 Å². The largest absolute Gasteiger partial charge is 0.497 e. The molecule has 0 aliphatic carbocycles. The molecule has 0 heterocycles. The molecule has 0 unspecified atom stereocenters. The van der Waals surface area contributed by atoms with Gasteiger partial charge < -0.3 is 4.74 Å². The van der Waals surface area contributed by atoms with Gasteiger partial charge in [0.25, 0.3) is 0 Å². The van der Waals surface area contributed by atoms with Gasteiger partial charge in [0, 0.05) is 17.0 Å². The Morgan fingerprint density at radius 3 is 2.53 bits per heavy atom. The zero-order valence-electron chi connectivity index (χ0n) is 10.3. The Morgan fingerprint density at radius 1 is 1.21 bits per heavy atom. The second kappa shape index (κ2) is 5.85. The zero-order chi connectivity index (χ0) is 13.8. The topological polar surface area (TPSA) is 26.3 Å². The summed E-state index contributed by atoms with van der Waals surface area (Å²) in [7, 11) is 1.55. The third-order valence-corrected chi connectivity index (χ3v) is 3.14. The number of benzene rings is 2. The Bertz CT molecular complexity index is 594. The van der Waals surface area contributed by atoms with E-state index >= 15 is 0 Å². The second-order valence-corrected chi connectivity index (χ2v) is 4.47. The zero-order valence-corrected chi connectivity index (χ0v) is 11.1. The third kappa shape index (κ3) is 3.32. The van der Waals surface area contributed by atoms with E-state index in [1.807, 2.05) is 0 Å². The lowest BCUT2D eigenvalue weighted by Crippen LogP contribution is -2.04. The van der Waals surface area contributed by atoms with Crippen molar-refractivity contribution in [2.24, 2.45) is 0 Å². The molecule has 0 N–H and O–H groups in total. The maximum Gasteiger partial charge on any atom is 0.167 e. The predicted octanol–water partition coefficient (Wildman–Crippen LogP) is 3.91. The maximum absolute atomic E-state index is 12.8. The normalized spacial score (nSPS) is 10.3. The first-order valence-electron chi connectivity index (χ1n) is 5.71. The van der Waals surface area contributed by atoms with Gasteiger partial charge in [0.1, 0.15) is 11.6 Å². The van der Waals surface area contributed by atoms with E-state index in [0.717, 1.165) is 0 Å². The summed E-state index contributed by atoms with van der Waals surface area (Å²) in [6, 6.07) is 10.6. The highest BCUT2D eigenvalue weighted by molar-refractivity contribution is 6.31. The molecule has 19 heavy (non-hydrogen) atoms. The molecule has 0 aliphatic heterocycles. The molecule has 2 rings (SSSR count). The van der Waals surface area contributed by atoms with Crippen LogP contribution in [0.4, 0.5) is 4.39 Å². The molecular weight excluding hydrogens is 267 g/mol. The average Bonchev–Trinajstić information content (AvgIpc) is 2.42. The van der Waals surface area contributed by atoms with Gasteiger partial charge in [-0.15, -0.1) is 0 Å². The van der Waals surface area contributed by atoms with Gasteiger partial charge in [-0.2, -0.15) is 0 Å². The van der Waals surface area contributed by atoms with Gasteiger partial charge in [0.05, 0.1) is 7.11 Å². The predicted molar refractivity (Wildman–Crippen MR) is 72.4 cm³/mol. The molecule has 2 aromatic carbocycles. The summed E-state index contributed by atoms with van der Waals surface area (Å²) in [5, 5.41) is 0.510. The molecule has 4 heteroatoms. The van der Waals surface area contributed by atoms with E-state index in [4.69, 9.17) is 16.3 Å². The van der Waals surface area contributed by atoms with Crippen molar-refractivity contribution < 1.29 is 13.9 Å². The van der Waals surface area contributed by atoms with Crippen LogP contribution < -0.4 is 4.74 Å². The number of rotatable bonds is 4. The first kappa shape index (κ1) is 13.6. The summed E-state index contributed by atoms with van der Waals surface area (Å²) in [5.41, 5.74) is 1.15. The quantitative estimate of drug-likeness (QED) is 0.793. The number of Topliss-reactive ketones (excluding diaryl/α,β-unsaturated/α-hetero) is 1. The number of hydrogen-bond acceptors (Lipinski definition) is 2. The molecule has 0 fully saturated rings. The summed E-state index contributed by atoms with van der Waals surface area (Å²) < 4.78 is 17.9. The highest BCUT2D eigenvalue weighted by Crippen LogP contribution is 2.23. The summed E-state index contributed by atoms with van der Waals surface area (Å²) in [5.74, 6) is 0.164. The van der Waals surface area contributed by atoms with Gasteiger partial charge in [-0.05, 0) is 48.0 Å². The highest BCUT2D eigenvalue weighted by atomic mass is 35.5. The van der Waals surface area contributed by atoms with Crippen LogP contribution in [0.15, 0.2) is 42.5 Å². The summed E-state index contributed by atoms with van der Waals surface area (Å²) >= 11 is 6.04. The van der Waals surface area contributed by atoms with Crippen molar-refractivity contribution in [3.63, 3.8) is 0 Å². The minimum absolute atomic E-state index is 0.116. The molecule has 0 amide bonds. The molecular formula is C15H12ClFO2. The van der Waals surface area contributed by atoms with E-state index in [-0.39, 0.29) is 18.0 Å². The van der Waals surface area contributed by atoms with Crippen LogP contribution in [0, 0.1) is 5.82 Å². The number of ketones is 1. The van der Waals surface area contributed by atoms with Crippen molar-refractivity contribution in [3.8, 4) is 5.75 Å². The molecule has 0 saturated heterocycles. The van der Waals surface area contributed by atoms with Crippen LogP contribution in [-0.2, 0) is 6.42 Å². The van der Waals surface area contributed by atoms with Crippen LogP contribution >= 0.6 is 11.6 Å². The standard InChI is InChI=1S/C15H12ClFO2/c1-19-13-6-7-14(16)11(8-13)9-15(18)10-2-4-12(17)5-3-10/h2-8H,9H2,1H3. The van der Waals surface area contributed by atoms with Gasteiger partial charge in [-0.25, -0.2) is 4.39 Å². The number of carbonyl (C=O) groups excluding carboxylic acids is 1. The minimum Gasteiger partial charge on any atom is -0.497 e. The Balaban J connectivity index is 2.21. The van der Waals surface area contributed by atoms with Crippen molar-refractivity contribution in [2.75, 3.05) is 7.11 Å². The van der Waals surface area contributed by atoms with E-state index in [1.165, 1.54) is 24.3 Å². The van der Waals surface area contributed by atoms with Crippen molar-refractivity contribution in [1.29, 1.82) is 0 Å². The first-order chi connectivity index (χ1) is 9.10. The summed E-state index contributed by atoms with van der Waals surface area (Å²) in [4.78, 5) is 12.1.